The third kappa shape index (κ3) is 2.60. The number of rotatable bonds is 4. The lowest BCUT2D eigenvalue weighted by Gasteiger charge is -2.11. The number of likely N-dealkylation sites (N-methyl/N-ethyl adjacent to an activating group) is 1. The van der Waals surface area contributed by atoms with Gasteiger partial charge in [-0.05, 0) is 49.2 Å². The predicted molar refractivity (Wildman–Crippen MR) is 88.8 cm³/mol. The molecule has 0 fully saturated rings. The van der Waals surface area contributed by atoms with Crippen LogP contribution in [0.1, 0.15) is 5.56 Å². The highest BCUT2D eigenvalue weighted by Crippen LogP contribution is 2.27. The fraction of sp³-hybridized carbons (Fsp3) is 0.250. The van der Waals surface area contributed by atoms with Gasteiger partial charge in [0.2, 0.25) is 0 Å². The molecule has 0 aliphatic carbocycles. The van der Waals surface area contributed by atoms with Gasteiger partial charge in [-0.1, -0.05) is 6.07 Å². The zero-order valence-corrected chi connectivity index (χ0v) is 12.7. The molecule has 0 aliphatic rings. The average Bonchev–Trinajstić information content (AvgIpc) is 2.92. The summed E-state index contributed by atoms with van der Waals surface area (Å²) in [5.74, 6) is 0.527. The number of nitrogen functional groups attached to an aromatic ring is 1. The van der Waals surface area contributed by atoms with Gasteiger partial charge in [0.1, 0.15) is 5.82 Å². The summed E-state index contributed by atoms with van der Waals surface area (Å²) in [6, 6.07) is 5.75. The molecule has 6 heteroatoms. The fourth-order valence-corrected chi connectivity index (χ4v) is 2.56. The zero-order chi connectivity index (χ0) is 15.7. The molecular weight excluding hydrogens is 278 g/mol. The lowest BCUT2D eigenvalue weighted by molar-refractivity contribution is 0.414. The minimum atomic E-state index is -0.0738. The van der Waals surface area contributed by atoms with Gasteiger partial charge >= 0.3 is 0 Å². The lowest BCUT2D eigenvalue weighted by Crippen LogP contribution is -2.16. The van der Waals surface area contributed by atoms with E-state index in [1.807, 2.05) is 32.3 Å². The second kappa shape index (κ2) is 5.65. The highest BCUT2D eigenvalue weighted by Gasteiger charge is 2.10. The number of aromatic amines is 2. The number of hydrogen-bond donors (Lipinski definition) is 3. The van der Waals surface area contributed by atoms with Crippen LogP contribution in [0.4, 0.5) is 5.82 Å². The van der Waals surface area contributed by atoms with E-state index in [-0.39, 0.29) is 5.56 Å². The largest absolute Gasteiger partial charge is 0.384 e. The number of pyridine rings is 1. The van der Waals surface area contributed by atoms with E-state index in [1.54, 1.807) is 12.4 Å². The minimum absolute atomic E-state index is 0.0738. The standard InChI is InChI=1S/C16H19N5O/c1-21(2)6-5-11-8-18-16(22)12-4-3-10(7-13(11)12)14-9-19-20-15(14)17/h3-4,7-9H,5-6H2,1-2H3,(H,18,22)(H3,17,19,20). The van der Waals surface area contributed by atoms with Gasteiger partial charge in [-0.25, -0.2) is 0 Å². The van der Waals surface area contributed by atoms with E-state index in [2.05, 4.69) is 20.1 Å². The Morgan fingerprint density at radius 2 is 2.09 bits per heavy atom. The van der Waals surface area contributed by atoms with E-state index in [9.17, 15) is 4.79 Å². The summed E-state index contributed by atoms with van der Waals surface area (Å²) in [4.78, 5) is 17.0. The number of nitrogens with one attached hydrogen (secondary N) is 2. The first-order valence-corrected chi connectivity index (χ1v) is 7.14. The molecule has 2 aromatic heterocycles. The molecule has 0 aliphatic heterocycles. The van der Waals surface area contributed by atoms with Crippen LogP contribution in [0.5, 0.6) is 0 Å². The van der Waals surface area contributed by atoms with E-state index >= 15 is 0 Å². The van der Waals surface area contributed by atoms with Crippen molar-refractivity contribution >= 4 is 16.6 Å². The van der Waals surface area contributed by atoms with Crippen LogP contribution in [0.3, 0.4) is 0 Å². The Hall–Kier alpha value is -2.60. The van der Waals surface area contributed by atoms with E-state index in [4.69, 9.17) is 5.73 Å². The normalized spacial score (nSPS) is 11.4. The number of nitrogens with zero attached hydrogens (tertiary/aromatic N) is 2. The second-order valence-electron chi connectivity index (χ2n) is 5.65. The maximum atomic E-state index is 12.0. The first kappa shape index (κ1) is 14.3. The van der Waals surface area contributed by atoms with Gasteiger partial charge in [0.25, 0.3) is 5.56 Å². The molecule has 114 valence electrons. The fourth-order valence-electron chi connectivity index (χ4n) is 2.56. The topological polar surface area (TPSA) is 90.8 Å². The van der Waals surface area contributed by atoms with Gasteiger partial charge < -0.3 is 15.6 Å². The molecule has 22 heavy (non-hydrogen) atoms. The number of nitrogens with two attached hydrogens (primary N) is 1. The molecule has 0 radical (unpaired) electrons. The number of anilines is 1. The molecule has 2 heterocycles. The molecule has 0 amide bonds. The summed E-state index contributed by atoms with van der Waals surface area (Å²) < 4.78 is 0. The van der Waals surface area contributed by atoms with Crippen LogP contribution in [-0.4, -0.2) is 40.7 Å². The molecule has 3 rings (SSSR count). The molecule has 0 unspecified atom stereocenters. The highest BCUT2D eigenvalue weighted by molar-refractivity contribution is 5.90. The number of aromatic nitrogens is 3. The molecule has 6 nitrogen and oxygen atoms in total. The van der Waals surface area contributed by atoms with Crippen LogP contribution in [0.25, 0.3) is 21.9 Å². The summed E-state index contributed by atoms with van der Waals surface area (Å²) >= 11 is 0. The molecule has 0 atom stereocenters. The summed E-state index contributed by atoms with van der Waals surface area (Å²) in [6.07, 6.45) is 4.37. The van der Waals surface area contributed by atoms with Gasteiger partial charge in [0, 0.05) is 23.7 Å². The molecule has 0 bridgehead atoms. The van der Waals surface area contributed by atoms with Crippen LogP contribution >= 0.6 is 0 Å². The number of hydrogen-bond acceptors (Lipinski definition) is 4. The van der Waals surface area contributed by atoms with Crippen molar-refractivity contribution in [1.82, 2.24) is 20.1 Å². The van der Waals surface area contributed by atoms with Crippen molar-refractivity contribution in [3.8, 4) is 11.1 Å². The van der Waals surface area contributed by atoms with E-state index in [0.717, 1.165) is 35.0 Å². The predicted octanol–water partition coefficient (Wildman–Crippen LogP) is 1.60. The Kier molecular flexibility index (Phi) is 3.68. The van der Waals surface area contributed by atoms with Crippen LogP contribution in [-0.2, 0) is 6.42 Å². The molecule has 3 aromatic rings. The molecule has 4 N–H and O–H groups in total. The molecule has 0 saturated carbocycles. The van der Waals surface area contributed by atoms with E-state index < -0.39 is 0 Å². The lowest BCUT2D eigenvalue weighted by atomic mass is 10.00. The third-order valence-corrected chi connectivity index (χ3v) is 3.80. The zero-order valence-electron chi connectivity index (χ0n) is 12.7. The van der Waals surface area contributed by atoms with Crippen molar-refractivity contribution < 1.29 is 0 Å². The Morgan fingerprint density at radius 3 is 2.77 bits per heavy atom. The minimum Gasteiger partial charge on any atom is -0.384 e. The van der Waals surface area contributed by atoms with Crippen molar-refractivity contribution in [3.05, 3.63) is 46.5 Å². The Balaban J connectivity index is 2.14. The average molecular weight is 297 g/mol. The molecule has 0 spiro atoms. The van der Waals surface area contributed by atoms with Gasteiger partial charge in [-0.15, -0.1) is 0 Å². The van der Waals surface area contributed by atoms with Gasteiger partial charge in [-0.2, -0.15) is 5.10 Å². The van der Waals surface area contributed by atoms with Crippen molar-refractivity contribution in [1.29, 1.82) is 0 Å². The van der Waals surface area contributed by atoms with Gasteiger partial charge in [0.05, 0.1) is 6.20 Å². The second-order valence-corrected chi connectivity index (χ2v) is 5.65. The van der Waals surface area contributed by atoms with E-state index in [1.165, 1.54) is 0 Å². The smallest absolute Gasteiger partial charge is 0.255 e. The number of H-pyrrole nitrogens is 2. The Morgan fingerprint density at radius 1 is 1.27 bits per heavy atom. The summed E-state index contributed by atoms with van der Waals surface area (Å²) in [7, 11) is 4.07. The Bertz CT molecular complexity index is 862. The number of fused-ring (bicyclic) bond motifs is 1. The SMILES string of the molecule is CN(C)CCc1c[nH]c(=O)c2ccc(-c3cn[nH]c3N)cc12. The van der Waals surface area contributed by atoms with Gasteiger partial charge in [-0.3, -0.25) is 9.89 Å². The van der Waals surface area contributed by atoms with Crippen LogP contribution in [0, 0.1) is 0 Å². The van der Waals surface area contributed by atoms with Crippen LogP contribution < -0.4 is 11.3 Å². The highest BCUT2D eigenvalue weighted by atomic mass is 16.1. The van der Waals surface area contributed by atoms with Crippen molar-refractivity contribution in [2.24, 2.45) is 0 Å². The van der Waals surface area contributed by atoms with Crippen LogP contribution in [0.2, 0.25) is 0 Å². The summed E-state index contributed by atoms with van der Waals surface area (Å²) in [5.41, 5.74) is 8.74. The summed E-state index contributed by atoms with van der Waals surface area (Å²) in [6.45, 7) is 0.916. The first-order chi connectivity index (χ1) is 10.6. The van der Waals surface area contributed by atoms with E-state index in [0.29, 0.717) is 11.2 Å². The van der Waals surface area contributed by atoms with Gasteiger partial charge in [0.15, 0.2) is 0 Å². The molecule has 0 saturated heterocycles. The summed E-state index contributed by atoms with van der Waals surface area (Å²) in [5, 5.41) is 8.35. The van der Waals surface area contributed by atoms with Crippen molar-refractivity contribution in [2.75, 3.05) is 26.4 Å². The molecular formula is C16H19N5O. The Labute approximate surface area is 128 Å². The van der Waals surface area contributed by atoms with Crippen LogP contribution in [0.15, 0.2) is 35.4 Å². The molecule has 1 aromatic carbocycles. The quantitative estimate of drug-likeness (QED) is 0.682. The van der Waals surface area contributed by atoms with Crippen molar-refractivity contribution in [2.45, 2.75) is 6.42 Å². The first-order valence-electron chi connectivity index (χ1n) is 7.14. The monoisotopic (exact) mass is 297 g/mol. The maximum Gasteiger partial charge on any atom is 0.255 e. The third-order valence-electron chi connectivity index (χ3n) is 3.80. The van der Waals surface area contributed by atoms with Crippen molar-refractivity contribution in [3.63, 3.8) is 0 Å². The number of benzene rings is 1. The maximum absolute atomic E-state index is 12.0.